The van der Waals surface area contributed by atoms with Crippen molar-refractivity contribution in [1.29, 1.82) is 5.26 Å². The number of para-hydroxylation sites is 1. The molecule has 7 nitrogen and oxygen atoms in total. The Kier molecular flexibility index (Phi) is 4.59. The summed E-state index contributed by atoms with van der Waals surface area (Å²) in [7, 11) is 0. The smallest absolute Gasteiger partial charge is 0.270 e. The maximum Gasteiger partial charge on any atom is 0.270 e. The molecule has 4 aromatic rings. The van der Waals surface area contributed by atoms with Gasteiger partial charge in [-0.2, -0.15) is 10.4 Å². The number of H-pyrrole nitrogens is 1. The molecule has 0 amide bonds. The molecule has 0 bridgehead atoms. The number of hydrogen-bond donors (Lipinski definition) is 2. The van der Waals surface area contributed by atoms with Crippen LogP contribution in [0.25, 0.3) is 22.2 Å². The monoisotopic (exact) mass is 366 g/mol. The molecular weight excluding hydrogens is 352 g/mol. The van der Waals surface area contributed by atoms with Gasteiger partial charge in [0.2, 0.25) is 5.95 Å². The average Bonchev–Trinajstić information content (AvgIpc) is 2.74. The maximum atomic E-state index is 12.3. The first-order chi connectivity index (χ1) is 13.8. The minimum absolute atomic E-state index is 0.0426. The van der Waals surface area contributed by atoms with E-state index in [0.717, 1.165) is 16.5 Å². The van der Waals surface area contributed by atoms with E-state index >= 15 is 0 Å². The Hall–Kier alpha value is -4.31. The third-order valence-electron chi connectivity index (χ3n) is 4.12. The number of nitriles is 1. The van der Waals surface area contributed by atoms with Crippen molar-refractivity contribution < 1.29 is 0 Å². The van der Waals surface area contributed by atoms with E-state index in [-0.39, 0.29) is 11.5 Å². The van der Waals surface area contributed by atoms with Crippen molar-refractivity contribution in [2.75, 3.05) is 5.43 Å². The predicted octanol–water partition coefficient (Wildman–Crippen LogP) is 3.30. The number of nitrogens with one attached hydrogen (secondary N) is 2. The van der Waals surface area contributed by atoms with Crippen molar-refractivity contribution >= 4 is 23.1 Å². The summed E-state index contributed by atoms with van der Waals surface area (Å²) in [5.41, 5.74) is 4.78. The number of hydrazone groups is 1. The van der Waals surface area contributed by atoms with Gasteiger partial charge in [0.15, 0.2) is 0 Å². The van der Waals surface area contributed by atoms with E-state index in [1.807, 2.05) is 54.6 Å². The molecule has 0 saturated carbocycles. The Morgan fingerprint density at radius 3 is 2.71 bits per heavy atom. The van der Waals surface area contributed by atoms with Crippen molar-refractivity contribution in [3.8, 4) is 17.3 Å². The highest BCUT2D eigenvalue weighted by molar-refractivity contribution is 5.97. The first-order valence-electron chi connectivity index (χ1n) is 8.49. The molecule has 0 spiro atoms. The number of aromatic amines is 1. The molecule has 7 heteroatoms. The van der Waals surface area contributed by atoms with Gasteiger partial charge in [-0.15, -0.1) is 0 Å². The summed E-state index contributed by atoms with van der Waals surface area (Å²) < 4.78 is 0. The fourth-order valence-corrected chi connectivity index (χ4v) is 2.83. The highest BCUT2D eigenvalue weighted by Gasteiger charge is 2.12. The molecule has 28 heavy (non-hydrogen) atoms. The molecule has 0 aliphatic rings. The van der Waals surface area contributed by atoms with Crippen LogP contribution in [0.5, 0.6) is 0 Å². The number of aromatic nitrogens is 3. The molecule has 2 N–H and O–H groups in total. The largest absolute Gasteiger partial charge is 0.290 e. The van der Waals surface area contributed by atoms with Gasteiger partial charge in [-0.3, -0.25) is 14.8 Å². The van der Waals surface area contributed by atoms with Gasteiger partial charge in [-0.25, -0.2) is 10.4 Å². The lowest BCUT2D eigenvalue weighted by Crippen LogP contribution is -2.16. The second kappa shape index (κ2) is 7.51. The van der Waals surface area contributed by atoms with Crippen molar-refractivity contribution in [2.45, 2.75) is 0 Å². The second-order valence-corrected chi connectivity index (χ2v) is 5.91. The molecule has 4 rings (SSSR count). The molecule has 0 aliphatic carbocycles. The lowest BCUT2D eigenvalue weighted by Gasteiger charge is -2.06. The van der Waals surface area contributed by atoms with Gasteiger partial charge in [-0.05, 0) is 6.07 Å². The fraction of sp³-hybridized carbons (Fsp3) is 0. The van der Waals surface area contributed by atoms with E-state index in [1.54, 1.807) is 24.5 Å². The average molecular weight is 366 g/mol. The van der Waals surface area contributed by atoms with Gasteiger partial charge in [0.1, 0.15) is 11.6 Å². The molecular formula is C21H14N6O. The van der Waals surface area contributed by atoms with E-state index < -0.39 is 5.56 Å². The molecule has 0 fully saturated rings. The first-order valence-corrected chi connectivity index (χ1v) is 8.49. The van der Waals surface area contributed by atoms with Crippen LogP contribution >= 0.6 is 0 Å². The van der Waals surface area contributed by atoms with Crippen LogP contribution in [0.4, 0.5) is 5.95 Å². The van der Waals surface area contributed by atoms with Crippen molar-refractivity contribution in [1.82, 2.24) is 15.0 Å². The zero-order valence-electron chi connectivity index (χ0n) is 14.6. The maximum absolute atomic E-state index is 12.3. The van der Waals surface area contributed by atoms with Crippen LogP contribution in [0.3, 0.4) is 0 Å². The van der Waals surface area contributed by atoms with Crippen LogP contribution in [0.2, 0.25) is 0 Å². The third kappa shape index (κ3) is 3.34. The molecule has 0 atom stereocenters. The Morgan fingerprint density at radius 2 is 1.89 bits per heavy atom. The van der Waals surface area contributed by atoms with Crippen molar-refractivity contribution in [3.63, 3.8) is 0 Å². The number of rotatable bonds is 4. The number of hydrogen-bond acceptors (Lipinski definition) is 6. The summed E-state index contributed by atoms with van der Waals surface area (Å²) in [6.07, 6.45) is 3.33. The Morgan fingerprint density at radius 1 is 1.07 bits per heavy atom. The number of benzene rings is 2. The Labute approximate surface area is 160 Å². The van der Waals surface area contributed by atoms with Gasteiger partial charge in [0.05, 0.1) is 17.4 Å². The van der Waals surface area contributed by atoms with Crippen LogP contribution in [0.1, 0.15) is 11.1 Å². The van der Waals surface area contributed by atoms with Gasteiger partial charge in [0.25, 0.3) is 5.56 Å². The minimum Gasteiger partial charge on any atom is -0.290 e. The van der Waals surface area contributed by atoms with Crippen LogP contribution in [0, 0.1) is 11.3 Å². The highest BCUT2D eigenvalue weighted by Crippen LogP contribution is 2.19. The van der Waals surface area contributed by atoms with Crippen LogP contribution in [0.15, 0.2) is 76.8 Å². The van der Waals surface area contributed by atoms with Crippen LogP contribution in [-0.4, -0.2) is 21.2 Å². The number of fused-ring (bicyclic) bond motifs is 1. The topological polar surface area (TPSA) is 107 Å². The van der Waals surface area contributed by atoms with E-state index in [9.17, 15) is 10.1 Å². The number of pyridine rings is 1. The Bertz CT molecular complexity index is 1270. The molecule has 134 valence electrons. The Balaban J connectivity index is 1.67. The molecule has 0 unspecified atom stereocenters. The van der Waals surface area contributed by atoms with Crippen LogP contribution < -0.4 is 11.0 Å². The SMILES string of the molecule is N#Cc1c(-c2ccccc2)nc(NN=Cc2cccc3cccnc23)[nH]c1=O. The fourth-order valence-electron chi connectivity index (χ4n) is 2.83. The van der Waals surface area contributed by atoms with E-state index in [4.69, 9.17) is 0 Å². The lowest BCUT2D eigenvalue weighted by atomic mass is 10.1. The zero-order chi connectivity index (χ0) is 19.3. The third-order valence-corrected chi connectivity index (χ3v) is 4.12. The normalized spacial score (nSPS) is 10.8. The summed E-state index contributed by atoms with van der Waals surface area (Å²) in [5, 5.41) is 14.5. The van der Waals surface area contributed by atoms with E-state index in [2.05, 4.69) is 25.5 Å². The predicted molar refractivity (Wildman–Crippen MR) is 108 cm³/mol. The lowest BCUT2D eigenvalue weighted by molar-refractivity contribution is 1.08. The van der Waals surface area contributed by atoms with Crippen LogP contribution in [-0.2, 0) is 0 Å². The van der Waals surface area contributed by atoms with Gasteiger partial charge < -0.3 is 0 Å². The van der Waals surface area contributed by atoms with E-state index in [1.165, 1.54) is 0 Å². The minimum atomic E-state index is -0.527. The van der Waals surface area contributed by atoms with Crippen molar-refractivity contribution in [3.05, 3.63) is 88.3 Å². The summed E-state index contributed by atoms with van der Waals surface area (Å²) in [4.78, 5) is 23.5. The molecule has 0 aliphatic heterocycles. The second-order valence-electron chi connectivity index (χ2n) is 5.91. The molecule has 0 saturated heterocycles. The standard InChI is InChI=1S/C21H14N6O/c22-12-17-19(15-6-2-1-3-7-15)25-21(26-20(17)28)27-24-13-16-9-4-8-14-10-5-11-23-18(14)16/h1-11,13H,(H2,25,26,27,28). The molecule has 2 aromatic carbocycles. The number of anilines is 1. The van der Waals surface area contributed by atoms with Gasteiger partial charge >= 0.3 is 0 Å². The van der Waals surface area contributed by atoms with Crippen molar-refractivity contribution in [2.24, 2.45) is 5.10 Å². The number of nitrogens with zero attached hydrogens (tertiary/aromatic N) is 4. The molecule has 0 radical (unpaired) electrons. The summed E-state index contributed by atoms with van der Waals surface area (Å²) in [6.45, 7) is 0. The highest BCUT2D eigenvalue weighted by atomic mass is 16.1. The van der Waals surface area contributed by atoms with E-state index in [0.29, 0.717) is 11.3 Å². The van der Waals surface area contributed by atoms with Gasteiger partial charge in [0, 0.05) is 22.7 Å². The quantitative estimate of drug-likeness (QED) is 0.426. The summed E-state index contributed by atoms with van der Waals surface area (Å²) in [5.74, 6) is 0.146. The first kappa shape index (κ1) is 17.1. The van der Waals surface area contributed by atoms with Gasteiger partial charge in [-0.1, -0.05) is 54.6 Å². The molecule has 2 aromatic heterocycles. The summed E-state index contributed by atoms with van der Waals surface area (Å²) in [6, 6.07) is 20.6. The summed E-state index contributed by atoms with van der Waals surface area (Å²) >= 11 is 0. The zero-order valence-corrected chi connectivity index (χ0v) is 14.6. The molecule has 2 heterocycles.